The maximum absolute atomic E-state index is 12.2. The first-order valence-electron chi connectivity index (χ1n) is 26.3. The van der Waals surface area contributed by atoms with Crippen LogP contribution in [0, 0.1) is 6.07 Å². The van der Waals surface area contributed by atoms with Crippen LogP contribution in [0.15, 0.2) is 133 Å². The third-order valence-electron chi connectivity index (χ3n) is 11.6. The Kier molecular flexibility index (Phi) is 9.83. The average Bonchev–Trinajstić information content (AvgIpc) is 3.70. The van der Waals surface area contributed by atoms with E-state index in [-0.39, 0.29) is 61.5 Å². The molecular formula is C58H60N3OPt-. The van der Waals surface area contributed by atoms with Crippen molar-refractivity contribution in [2.45, 2.75) is 105 Å². The SMILES string of the molecule is [2H]c1nc(-c2[c-]c(-c3cccc4c3nc(-c3cc(C(C)C)cc(C(C)C)c3O)n4-c3ccc(-c4c(C([2H])(C)C)cccc4C([2H])(C)C)cc3)cc(C(C)(C)C)c2)c([2H])c(-c2c([2H])c([2H])c([2H])c([2H])c2[2H])c1[2H].[Pt]. The number of para-hydroxylation sites is 1. The van der Waals surface area contributed by atoms with Gasteiger partial charge in [-0.05, 0) is 104 Å². The largest absolute Gasteiger partial charge is 0.507 e. The van der Waals surface area contributed by atoms with Crippen molar-refractivity contribution in [1.29, 1.82) is 0 Å². The van der Waals surface area contributed by atoms with Crippen LogP contribution in [0.3, 0.4) is 0 Å². The molecule has 4 nitrogen and oxygen atoms in total. The molecule has 0 saturated heterocycles. The van der Waals surface area contributed by atoms with Gasteiger partial charge in [0.25, 0.3) is 0 Å². The van der Waals surface area contributed by atoms with Crippen LogP contribution >= 0.6 is 0 Å². The van der Waals surface area contributed by atoms with Gasteiger partial charge in [0.1, 0.15) is 11.6 Å². The number of rotatable bonds is 10. The second kappa shape index (κ2) is 18.3. The monoisotopic (exact) mass is 1020 g/mol. The van der Waals surface area contributed by atoms with Gasteiger partial charge in [-0.25, -0.2) is 4.98 Å². The van der Waals surface area contributed by atoms with Crippen molar-refractivity contribution in [3.05, 3.63) is 167 Å². The molecule has 2 heterocycles. The summed E-state index contributed by atoms with van der Waals surface area (Å²) in [7, 11) is 0. The predicted molar refractivity (Wildman–Crippen MR) is 262 cm³/mol. The first kappa shape index (κ1) is 33.9. The number of phenols is 1. The molecule has 1 N–H and O–H groups in total. The summed E-state index contributed by atoms with van der Waals surface area (Å²) < 4.78 is 89.7. The molecule has 0 unspecified atom stereocenters. The van der Waals surface area contributed by atoms with E-state index in [1.165, 1.54) is 0 Å². The maximum atomic E-state index is 12.2. The molecule has 0 saturated carbocycles. The third-order valence-corrected chi connectivity index (χ3v) is 11.6. The third kappa shape index (κ3) is 8.98. The molecule has 324 valence electrons. The molecule has 0 spiro atoms. The quantitative estimate of drug-likeness (QED) is 0.139. The van der Waals surface area contributed by atoms with Gasteiger partial charge in [-0.3, -0.25) is 9.55 Å². The molecule has 6 aromatic carbocycles. The number of phenolic OH excluding ortho intramolecular Hbond substituents is 1. The van der Waals surface area contributed by atoms with Crippen LogP contribution in [-0.2, 0) is 26.5 Å². The molecule has 0 bridgehead atoms. The summed E-state index contributed by atoms with van der Waals surface area (Å²) in [6, 6.07) is 27.1. The Morgan fingerprint density at radius 1 is 0.683 bits per heavy atom. The number of nitrogens with zero attached hydrogens (tertiary/aromatic N) is 3. The second-order valence-corrected chi connectivity index (χ2v) is 18.2. The minimum atomic E-state index is -0.951. The predicted octanol–water partition coefficient (Wildman–Crippen LogP) is 16.0. The van der Waals surface area contributed by atoms with E-state index in [1.54, 1.807) is 0 Å². The molecule has 0 aliphatic carbocycles. The minimum Gasteiger partial charge on any atom is -0.507 e. The van der Waals surface area contributed by atoms with Crippen LogP contribution in [0.5, 0.6) is 5.75 Å². The first-order valence-corrected chi connectivity index (χ1v) is 21.3. The van der Waals surface area contributed by atoms with Gasteiger partial charge in [0.05, 0.1) is 27.6 Å². The molecule has 8 rings (SSSR count). The maximum Gasteiger partial charge on any atom is 0.148 e. The van der Waals surface area contributed by atoms with Crippen LogP contribution in [0.4, 0.5) is 0 Å². The zero-order valence-corrected chi connectivity index (χ0v) is 40.1. The number of hydrogen-bond donors (Lipinski definition) is 1. The summed E-state index contributed by atoms with van der Waals surface area (Å²) in [5, 5.41) is 12.2. The molecule has 0 amide bonds. The van der Waals surface area contributed by atoms with Gasteiger partial charge in [-0.1, -0.05) is 172 Å². The number of imidazole rings is 1. The van der Waals surface area contributed by atoms with Crippen molar-refractivity contribution in [2.75, 3.05) is 0 Å². The van der Waals surface area contributed by atoms with Crippen LogP contribution in [0.25, 0.3) is 72.7 Å². The second-order valence-electron chi connectivity index (χ2n) is 18.2. The van der Waals surface area contributed by atoms with E-state index in [4.69, 9.17) is 17.3 Å². The smallest absolute Gasteiger partial charge is 0.148 e. The summed E-state index contributed by atoms with van der Waals surface area (Å²) in [6.45, 7) is 21.9. The molecule has 2 aromatic heterocycles. The summed E-state index contributed by atoms with van der Waals surface area (Å²) in [4.78, 5) is 9.87. The summed E-state index contributed by atoms with van der Waals surface area (Å²) >= 11 is 0. The molecule has 5 heteroatoms. The van der Waals surface area contributed by atoms with Crippen molar-refractivity contribution < 1.29 is 39.9 Å². The Bertz CT molecular complexity index is 3410. The van der Waals surface area contributed by atoms with E-state index in [1.807, 2.05) is 146 Å². The van der Waals surface area contributed by atoms with Gasteiger partial charge in [0, 0.05) is 41.4 Å². The Morgan fingerprint density at radius 3 is 1.95 bits per heavy atom. The number of fused-ring (bicyclic) bond motifs is 1. The summed E-state index contributed by atoms with van der Waals surface area (Å²) in [5.41, 5.74) is 8.89. The molecule has 0 atom stereocenters. The average molecular weight is 1020 g/mol. The number of pyridine rings is 1. The van der Waals surface area contributed by atoms with Crippen molar-refractivity contribution in [2.24, 2.45) is 0 Å². The number of aromatic hydroxyl groups is 1. The molecule has 0 fully saturated rings. The molecule has 63 heavy (non-hydrogen) atoms. The van der Waals surface area contributed by atoms with Crippen LogP contribution in [-0.4, -0.2) is 19.6 Å². The normalized spacial score (nSPS) is 14.5. The van der Waals surface area contributed by atoms with E-state index in [9.17, 15) is 6.48 Å². The number of benzene rings is 6. The molecular weight excluding hydrogens is 950 g/mol. The zero-order valence-electron chi connectivity index (χ0n) is 47.8. The summed E-state index contributed by atoms with van der Waals surface area (Å²) in [6.07, 6.45) is -0.536. The Balaban J connectivity index is 0.00000780. The fraction of sp³-hybridized carbons (Fsp3) is 0.276. The van der Waals surface area contributed by atoms with Crippen molar-refractivity contribution in [1.82, 2.24) is 14.5 Å². The van der Waals surface area contributed by atoms with Gasteiger partial charge >= 0.3 is 0 Å². The molecule has 0 aliphatic heterocycles. The van der Waals surface area contributed by atoms with Gasteiger partial charge in [-0.2, -0.15) is 0 Å². The van der Waals surface area contributed by atoms with Gasteiger partial charge in [0.15, 0.2) is 0 Å². The first-order chi connectivity index (χ1) is 33.5. The summed E-state index contributed by atoms with van der Waals surface area (Å²) in [5.74, 6) is -1.17. The van der Waals surface area contributed by atoms with E-state index in [0.29, 0.717) is 39.1 Å². The Morgan fingerprint density at radius 2 is 1.33 bits per heavy atom. The number of hydrogen-bond acceptors (Lipinski definition) is 3. The Hall–Kier alpha value is -5.57. The molecule has 0 radical (unpaired) electrons. The van der Waals surface area contributed by atoms with E-state index in [0.717, 1.165) is 44.6 Å². The van der Waals surface area contributed by atoms with Crippen LogP contribution in [0.1, 0.15) is 141 Å². The number of aromatic nitrogens is 3. The fourth-order valence-electron chi connectivity index (χ4n) is 8.08. The van der Waals surface area contributed by atoms with Crippen molar-refractivity contribution >= 4 is 11.0 Å². The minimum absolute atomic E-state index is 0. The van der Waals surface area contributed by atoms with Gasteiger partial charge < -0.3 is 5.11 Å². The van der Waals surface area contributed by atoms with Crippen molar-refractivity contribution in [3.8, 4) is 67.5 Å². The van der Waals surface area contributed by atoms with E-state index >= 15 is 0 Å². The van der Waals surface area contributed by atoms with E-state index in [2.05, 4.69) is 31.0 Å². The van der Waals surface area contributed by atoms with Crippen LogP contribution in [0.2, 0.25) is 0 Å². The van der Waals surface area contributed by atoms with Gasteiger partial charge in [-0.15, -0.1) is 29.3 Å². The van der Waals surface area contributed by atoms with Crippen LogP contribution < -0.4 is 0 Å². The fourth-order valence-corrected chi connectivity index (χ4v) is 8.08. The molecule has 0 aliphatic rings. The van der Waals surface area contributed by atoms with E-state index < -0.39 is 59.6 Å². The van der Waals surface area contributed by atoms with Gasteiger partial charge in [0.2, 0.25) is 0 Å². The standard InChI is InChI=1S/C58H60N3O.Pt/c1-35(2)42-32-50(38(7)8)56(62)51(33-42)57-60-55-49(43-29-44(31-45(30-43)58(9,10)11)52-34-41(27-28-59-52)39-17-13-12-14-18-39)21-16-22-53(55)61(57)46-25-23-40(24-26-46)54-47(36(3)4)19-15-20-48(54)37(5)6;/h12-28,30-38,62H,1-11H3;/q-1;/i12D,13D,14D,17D,18D,27D,28D,34D,36D,37D;. The Labute approximate surface area is 403 Å². The zero-order chi connectivity index (χ0) is 52.8. The topological polar surface area (TPSA) is 50.9 Å². The van der Waals surface area contributed by atoms with Crippen molar-refractivity contribution in [3.63, 3.8) is 0 Å². The molecule has 8 aromatic rings.